The fourth-order valence-electron chi connectivity index (χ4n) is 4.93. The van der Waals surface area contributed by atoms with E-state index >= 15 is 0 Å². The van der Waals surface area contributed by atoms with Gasteiger partial charge in [0.05, 0.1) is 11.9 Å². The Labute approximate surface area is 181 Å². The number of fused-ring (bicyclic) bond motifs is 4. The zero-order valence-electron chi connectivity index (χ0n) is 18.3. The third-order valence-corrected chi connectivity index (χ3v) is 6.32. The van der Waals surface area contributed by atoms with Gasteiger partial charge in [-0.2, -0.15) is 5.10 Å². The van der Waals surface area contributed by atoms with Crippen LogP contribution in [0.3, 0.4) is 0 Å². The number of aryl methyl sites for hydroxylation is 2. The summed E-state index contributed by atoms with van der Waals surface area (Å²) in [5.74, 6) is 0.675. The summed E-state index contributed by atoms with van der Waals surface area (Å²) in [6.07, 6.45) is 1.84. The number of hydrogen-bond acceptors (Lipinski definition) is 3. The van der Waals surface area contributed by atoms with Gasteiger partial charge in [0.2, 0.25) is 11.8 Å². The maximum atomic E-state index is 14.0. The Morgan fingerprint density at radius 3 is 2.61 bits per heavy atom. The highest BCUT2D eigenvalue weighted by atomic mass is 16.2. The molecule has 158 valence electrons. The molecule has 6 nitrogen and oxygen atoms in total. The zero-order chi connectivity index (χ0) is 21.9. The van der Waals surface area contributed by atoms with Gasteiger partial charge >= 0.3 is 0 Å². The molecule has 0 bridgehead atoms. The first-order valence-corrected chi connectivity index (χ1v) is 10.7. The van der Waals surface area contributed by atoms with Crippen LogP contribution in [-0.4, -0.2) is 28.1 Å². The fourth-order valence-corrected chi connectivity index (χ4v) is 4.93. The summed E-state index contributed by atoms with van der Waals surface area (Å²) in [7, 11) is 0. The van der Waals surface area contributed by atoms with Crippen LogP contribution in [0.1, 0.15) is 42.5 Å². The molecule has 0 saturated heterocycles. The van der Waals surface area contributed by atoms with Crippen molar-refractivity contribution >= 4 is 23.3 Å². The summed E-state index contributed by atoms with van der Waals surface area (Å²) in [4.78, 5) is 28.8. The molecule has 3 aromatic rings. The van der Waals surface area contributed by atoms with E-state index in [0.29, 0.717) is 18.3 Å². The van der Waals surface area contributed by atoms with Crippen molar-refractivity contribution in [1.82, 2.24) is 9.78 Å². The van der Waals surface area contributed by atoms with Crippen LogP contribution in [-0.2, 0) is 15.0 Å². The van der Waals surface area contributed by atoms with Crippen LogP contribution >= 0.6 is 0 Å². The minimum Gasteiger partial charge on any atom is -0.311 e. The summed E-state index contributed by atoms with van der Waals surface area (Å²) in [5.41, 5.74) is 4.54. The lowest BCUT2D eigenvalue weighted by Crippen LogP contribution is -2.47. The lowest BCUT2D eigenvalue weighted by atomic mass is 9.72. The smallest absolute Gasteiger partial charge is 0.242 e. The van der Waals surface area contributed by atoms with E-state index in [1.165, 1.54) is 0 Å². The summed E-state index contributed by atoms with van der Waals surface area (Å²) >= 11 is 0. The van der Waals surface area contributed by atoms with Crippen LogP contribution < -0.4 is 10.2 Å². The van der Waals surface area contributed by atoms with Crippen molar-refractivity contribution in [3.8, 4) is 5.69 Å². The van der Waals surface area contributed by atoms with Gasteiger partial charge in [-0.25, -0.2) is 4.68 Å². The maximum absolute atomic E-state index is 14.0. The third kappa shape index (κ3) is 2.74. The third-order valence-electron chi connectivity index (χ3n) is 6.32. The molecule has 5 rings (SSSR count). The first-order valence-electron chi connectivity index (χ1n) is 10.7. The molecule has 1 N–H and O–H groups in total. The highest BCUT2D eigenvalue weighted by molar-refractivity contribution is 6.15. The van der Waals surface area contributed by atoms with Gasteiger partial charge in [0.15, 0.2) is 0 Å². The summed E-state index contributed by atoms with van der Waals surface area (Å²) in [6, 6.07) is 14.0. The van der Waals surface area contributed by atoms with Gasteiger partial charge in [-0.3, -0.25) is 9.59 Å². The fraction of sp³-hybridized carbons (Fsp3) is 0.320. The molecule has 2 amide bonds. The SMILES string of the molecule is Cc1ccc(C)c(-n2ncc3c2NC(=O)C[C@@]32C(=O)N(CC(C)C)c3ccccc32)c1. The van der Waals surface area contributed by atoms with Crippen molar-refractivity contribution in [2.24, 2.45) is 5.92 Å². The number of hydrogen-bond donors (Lipinski definition) is 1. The second kappa shape index (κ2) is 6.80. The Morgan fingerprint density at radius 2 is 1.84 bits per heavy atom. The van der Waals surface area contributed by atoms with Crippen LogP contribution in [0.2, 0.25) is 0 Å². The average molecular weight is 415 g/mol. The summed E-state index contributed by atoms with van der Waals surface area (Å²) < 4.78 is 1.76. The summed E-state index contributed by atoms with van der Waals surface area (Å²) in [6.45, 7) is 8.85. The lowest BCUT2D eigenvalue weighted by molar-refractivity contribution is -0.126. The van der Waals surface area contributed by atoms with E-state index in [-0.39, 0.29) is 18.2 Å². The molecule has 0 fully saturated rings. The normalized spacial score (nSPS) is 19.7. The standard InChI is InChI=1S/C25H26N4O2/c1-15(2)14-28-20-8-6-5-7-18(20)25(24(28)31)12-22(30)27-23-19(25)13-26-29(23)21-11-16(3)9-10-17(21)4/h5-11,13,15H,12,14H2,1-4H3,(H,27,30)/t25-/m0/s1. The Hall–Kier alpha value is -3.41. The molecule has 1 spiro atoms. The van der Waals surface area contributed by atoms with E-state index < -0.39 is 5.41 Å². The average Bonchev–Trinajstić information content (AvgIpc) is 3.24. The zero-order valence-corrected chi connectivity index (χ0v) is 18.3. The Balaban J connectivity index is 1.75. The molecule has 0 unspecified atom stereocenters. The Morgan fingerprint density at radius 1 is 1.06 bits per heavy atom. The molecule has 0 radical (unpaired) electrons. The van der Waals surface area contributed by atoms with Crippen LogP contribution in [0.25, 0.3) is 5.69 Å². The molecule has 2 aliphatic heterocycles. The van der Waals surface area contributed by atoms with Gasteiger partial charge in [-0.1, -0.05) is 44.2 Å². The van der Waals surface area contributed by atoms with Crippen molar-refractivity contribution in [2.75, 3.05) is 16.8 Å². The van der Waals surface area contributed by atoms with E-state index in [1.54, 1.807) is 10.9 Å². The van der Waals surface area contributed by atoms with Crippen molar-refractivity contribution in [2.45, 2.75) is 39.5 Å². The molecular weight excluding hydrogens is 388 g/mol. The monoisotopic (exact) mass is 414 g/mol. The van der Waals surface area contributed by atoms with E-state index in [1.807, 2.05) is 55.1 Å². The largest absolute Gasteiger partial charge is 0.311 e. The van der Waals surface area contributed by atoms with Gasteiger partial charge in [-0.15, -0.1) is 0 Å². The number of carbonyl (C=O) groups excluding carboxylic acids is 2. The number of nitrogens with zero attached hydrogens (tertiary/aromatic N) is 3. The Bertz CT molecular complexity index is 1230. The molecule has 6 heteroatoms. The van der Waals surface area contributed by atoms with Crippen LogP contribution in [0.4, 0.5) is 11.5 Å². The molecule has 3 heterocycles. The number of aromatic nitrogens is 2. The molecule has 0 aliphatic carbocycles. The number of para-hydroxylation sites is 1. The number of rotatable bonds is 3. The van der Waals surface area contributed by atoms with Gasteiger partial charge in [0.1, 0.15) is 11.2 Å². The Kier molecular flexibility index (Phi) is 4.29. The van der Waals surface area contributed by atoms with Gasteiger partial charge in [-0.05, 0) is 48.6 Å². The molecule has 2 aromatic carbocycles. The first-order chi connectivity index (χ1) is 14.8. The second-order valence-corrected chi connectivity index (χ2v) is 9.07. The summed E-state index contributed by atoms with van der Waals surface area (Å²) in [5, 5.41) is 7.65. The van der Waals surface area contributed by atoms with Crippen molar-refractivity contribution < 1.29 is 9.59 Å². The highest BCUT2D eigenvalue weighted by Gasteiger charge is 2.57. The number of amides is 2. The first kappa shape index (κ1) is 19.5. The quantitative estimate of drug-likeness (QED) is 0.701. The molecular formula is C25H26N4O2. The van der Waals surface area contributed by atoms with Crippen LogP contribution in [0.5, 0.6) is 0 Å². The van der Waals surface area contributed by atoms with Crippen LogP contribution in [0, 0.1) is 19.8 Å². The second-order valence-electron chi connectivity index (χ2n) is 9.07. The van der Waals surface area contributed by atoms with E-state index in [2.05, 4.69) is 30.3 Å². The maximum Gasteiger partial charge on any atom is 0.242 e. The predicted octanol–water partition coefficient (Wildman–Crippen LogP) is 4.12. The topological polar surface area (TPSA) is 67.2 Å². The molecule has 2 aliphatic rings. The number of benzene rings is 2. The molecule has 0 saturated carbocycles. The number of carbonyl (C=O) groups is 2. The number of anilines is 2. The lowest BCUT2D eigenvalue weighted by Gasteiger charge is -2.33. The van der Waals surface area contributed by atoms with Crippen molar-refractivity contribution in [3.05, 3.63) is 70.9 Å². The van der Waals surface area contributed by atoms with Gasteiger partial charge in [0.25, 0.3) is 0 Å². The van der Waals surface area contributed by atoms with E-state index in [4.69, 9.17) is 0 Å². The predicted molar refractivity (Wildman–Crippen MR) is 121 cm³/mol. The van der Waals surface area contributed by atoms with Crippen molar-refractivity contribution in [1.29, 1.82) is 0 Å². The van der Waals surface area contributed by atoms with Gasteiger partial charge in [0, 0.05) is 24.2 Å². The minimum atomic E-state index is -1.04. The van der Waals surface area contributed by atoms with Gasteiger partial charge < -0.3 is 10.2 Å². The van der Waals surface area contributed by atoms with E-state index in [0.717, 1.165) is 33.6 Å². The van der Waals surface area contributed by atoms with Crippen LogP contribution in [0.15, 0.2) is 48.7 Å². The molecule has 1 aromatic heterocycles. The molecule has 1 atom stereocenters. The van der Waals surface area contributed by atoms with E-state index in [9.17, 15) is 9.59 Å². The minimum absolute atomic E-state index is 0.0426. The highest BCUT2D eigenvalue weighted by Crippen LogP contribution is 2.52. The molecule has 31 heavy (non-hydrogen) atoms. The van der Waals surface area contributed by atoms with Crippen molar-refractivity contribution in [3.63, 3.8) is 0 Å². The number of nitrogens with one attached hydrogen (secondary N) is 1.